The van der Waals surface area contributed by atoms with Crippen LogP contribution < -0.4 is 15.4 Å². The summed E-state index contributed by atoms with van der Waals surface area (Å²) in [4.78, 5) is 2.34. The minimum Gasteiger partial charge on any atom is -0.491 e. The van der Waals surface area contributed by atoms with Gasteiger partial charge >= 0.3 is 0 Å². The first-order valence-corrected chi connectivity index (χ1v) is 7.96. The molecule has 2 rings (SSSR count). The lowest BCUT2D eigenvalue weighted by molar-refractivity contribution is 0.0819. The van der Waals surface area contributed by atoms with E-state index in [0.29, 0.717) is 19.1 Å². The molecule has 1 fully saturated rings. The summed E-state index contributed by atoms with van der Waals surface area (Å²) in [6.07, 6.45) is 2.29. The number of piperidine rings is 1. The van der Waals surface area contributed by atoms with Gasteiger partial charge in [-0.2, -0.15) is 0 Å². The minimum absolute atomic E-state index is 0.285. The van der Waals surface area contributed by atoms with Crippen LogP contribution in [0.5, 0.6) is 5.75 Å². The van der Waals surface area contributed by atoms with Gasteiger partial charge in [0.2, 0.25) is 0 Å². The Morgan fingerprint density at radius 1 is 1.33 bits per heavy atom. The van der Waals surface area contributed by atoms with Crippen molar-refractivity contribution < 1.29 is 9.47 Å². The molecule has 1 unspecified atom stereocenters. The molecular formula is C17H28N2O2. The lowest BCUT2D eigenvalue weighted by Gasteiger charge is -2.32. The van der Waals surface area contributed by atoms with Crippen LogP contribution in [0.15, 0.2) is 24.3 Å². The van der Waals surface area contributed by atoms with Crippen LogP contribution in [0.2, 0.25) is 0 Å². The van der Waals surface area contributed by atoms with Crippen LogP contribution in [-0.4, -0.2) is 39.0 Å². The summed E-state index contributed by atoms with van der Waals surface area (Å²) in [6, 6.07) is 8.55. The van der Waals surface area contributed by atoms with Crippen molar-refractivity contribution in [3.63, 3.8) is 0 Å². The molecule has 0 aliphatic carbocycles. The van der Waals surface area contributed by atoms with Gasteiger partial charge in [-0.05, 0) is 30.9 Å². The van der Waals surface area contributed by atoms with Gasteiger partial charge in [-0.15, -0.1) is 0 Å². The summed E-state index contributed by atoms with van der Waals surface area (Å²) in [5.74, 6) is 1.47. The summed E-state index contributed by atoms with van der Waals surface area (Å²) in [5, 5.41) is 0. The van der Waals surface area contributed by atoms with E-state index in [9.17, 15) is 0 Å². The second-order valence-electron chi connectivity index (χ2n) is 6.16. The number of ether oxygens (including phenoxy) is 2. The highest BCUT2D eigenvalue weighted by Gasteiger charge is 2.17. The SMILES string of the molecule is CC(C)COCCOc1cccc(N2CCCC(N)C2)c1. The van der Waals surface area contributed by atoms with Gasteiger partial charge in [0.25, 0.3) is 0 Å². The summed E-state index contributed by atoms with van der Waals surface area (Å²) in [5.41, 5.74) is 7.25. The normalized spacial score (nSPS) is 19.0. The van der Waals surface area contributed by atoms with Crippen LogP contribution in [-0.2, 0) is 4.74 Å². The zero-order valence-corrected chi connectivity index (χ0v) is 13.3. The monoisotopic (exact) mass is 292 g/mol. The largest absolute Gasteiger partial charge is 0.491 e. The zero-order valence-electron chi connectivity index (χ0n) is 13.3. The van der Waals surface area contributed by atoms with E-state index in [1.165, 1.54) is 5.69 Å². The van der Waals surface area contributed by atoms with Crippen molar-refractivity contribution in [3.05, 3.63) is 24.3 Å². The van der Waals surface area contributed by atoms with Crippen LogP contribution in [0.3, 0.4) is 0 Å². The van der Waals surface area contributed by atoms with Crippen molar-refractivity contribution in [2.75, 3.05) is 37.8 Å². The molecule has 1 aliphatic rings. The smallest absolute Gasteiger partial charge is 0.121 e. The van der Waals surface area contributed by atoms with Crippen molar-refractivity contribution in [1.82, 2.24) is 0 Å². The second kappa shape index (κ2) is 8.25. The second-order valence-corrected chi connectivity index (χ2v) is 6.16. The average molecular weight is 292 g/mol. The number of nitrogens with two attached hydrogens (primary N) is 1. The third-order valence-corrected chi connectivity index (χ3v) is 3.59. The van der Waals surface area contributed by atoms with Crippen molar-refractivity contribution in [1.29, 1.82) is 0 Å². The molecule has 0 aromatic heterocycles. The highest BCUT2D eigenvalue weighted by atomic mass is 16.5. The molecule has 0 amide bonds. The summed E-state index contributed by atoms with van der Waals surface area (Å²) >= 11 is 0. The van der Waals surface area contributed by atoms with Crippen molar-refractivity contribution in [2.24, 2.45) is 11.7 Å². The number of hydrogen-bond acceptors (Lipinski definition) is 4. The first kappa shape index (κ1) is 16.1. The van der Waals surface area contributed by atoms with E-state index in [4.69, 9.17) is 15.2 Å². The van der Waals surface area contributed by atoms with Gasteiger partial charge in [0.05, 0.1) is 6.61 Å². The molecule has 0 spiro atoms. The molecule has 2 N–H and O–H groups in total. The number of hydrogen-bond donors (Lipinski definition) is 1. The number of rotatable bonds is 7. The lowest BCUT2D eigenvalue weighted by Crippen LogP contribution is -2.42. The van der Waals surface area contributed by atoms with E-state index in [-0.39, 0.29) is 6.04 Å². The van der Waals surface area contributed by atoms with Crippen LogP contribution in [0.4, 0.5) is 5.69 Å². The summed E-state index contributed by atoms with van der Waals surface area (Å²) in [7, 11) is 0. The van der Waals surface area contributed by atoms with E-state index in [2.05, 4.69) is 30.9 Å². The Morgan fingerprint density at radius 3 is 2.95 bits per heavy atom. The molecule has 4 heteroatoms. The maximum Gasteiger partial charge on any atom is 0.121 e. The molecule has 0 radical (unpaired) electrons. The van der Waals surface area contributed by atoms with Crippen molar-refractivity contribution in [2.45, 2.75) is 32.7 Å². The number of anilines is 1. The highest BCUT2D eigenvalue weighted by Crippen LogP contribution is 2.24. The first-order valence-electron chi connectivity index (χ1n) is 7.96. The molecule has 1 aromatic carbocycles. The first-order chi connectivity index (χ1) is 10.1. The predicted molar refractivity (Wildman–Crippen MR) is 87.0 cm³/mol. The number of benzene rings is 1. The zero-order chi connectivity index (χ0) is 15.1. The van der Waals surface area contributed by atoms with Crippen LogP contribution in [0, 0.1) is 5.92 Å². The maximum absolute atomic E-state index is 6.05. The molecule has 1 aliphatic heterocycles. The molecule has 1 aromatic rings. The van der Waals surface area contributed by atoms with Gasteiger partial charge in [0, 0.05) is 37.5 Å². The molecule has 21 heavy (non-hydrogen) atoms. The van der Waals surface area contributed by atoms with E-state index in [0.717, 1.165) is 38.3 Å². The maximum atomic E-state index is 6.05. The van der Waals surface area contributed by atoms with E-state index >= 15 is 0 Å². The summed E-state index contributed by atoms with van der Waals surface area (Å²) < 4.78 is 11.3. The Balaban J connectivity index is 1.80. The third-order valence-electron chi connectivity index (χ3n) is 3.59. The molecule has 4 nitrogen and oxygen atoms in total. The molecule has 1 atom stereocenters. The molecule has 118 valence electrons. The van der Waals surface area contributed by atoms with Gasteiger partial charge in [0.1, 0.15) is 12.4 Å². The van der Waals surface area contributed by atoms with Crippen LogP contribution in [0.1, 0.15) is 26.7 Å². The molecule has 1 saturated heterocycles. The van der Waals surface area contributed by atoms with Crippen LogP contribution >= 0.6 is 0 Å². The van der Waals surface area contributed by atoms with E-state index < -0.39 is 0 Å². The summed E-state index contributed by atoms with van der Waals surface area (Å²) in [6.45, 7) is 8.32. The van der Waals surface area contributed by atoms with E-state index in [1.54, 1.807) is 0 Å². The molecule has 1 heterocycles. The molecule has 0 bridgehead atoms. The number of nitrogens with zero attached hydrogens (tertiary/aromatic N) is 1. The predicted octanol–water partition coefficient (Wildman–Crippen LogP) is 2.67. The fourth-order valence-corrected chi connectivity index (χ4v) is 2.55. The average Bonchev–Trinajstić information content (AvgIpc) is 2.47. The third kappa shape index (κ3) is 5.56. The van der Waals surface area contributed by atoms with Gasteiger partial charge in [-0.3, -0.25) is 0 Å². The van der Waals surface area contributed by atoms with Crippen LogP contribution in [0.25, 0.3) is 0 Å². The topological polar surface area (TPSA) is 47.7 Å². The van der Waals surface area contributed by atoms with Crippen molar-refractivity contribution >= 4 is 5.69 Å². The van der Waals surface area contributed by atoms with Gasteiger partial charge in [0.15, 0.2) is 0 Å². The Bertz CT molecular complexity index is 423. The van der Waals surface area contributed by atoms with Crippen molar-refractivity contribution in [3.8, 4) is 5.75 Å². The Kier molecular flexibility index (Phi) is 6.33. The molecular weight excluding hydrogens is 264 g/mol. The standard InChI is InChI=1S/C17H28N2O2/c1-14(2)13-20-9-10-21-17-7-3-6-16(11-17)19-8-4-5-15(18)12-19/h3,6-7,11,14-15H,4-5,8-10,12-13,18H2,1-2H3. The van der Waals surface area contributed by atoms with Gasteiger partial charge in [-0.25, -0.2) is 0 Å². The quantitative estimate of drug-likeness (QED) is 0.785. The minimum atomic E-state index is 0.285. The van der Waals surface area contributed by atoms with Gasteiger partial charge in [-0.1, -0.05) is 19.9 Å². The Labute approximate surface area is 128 Å². The van der Waals surface area contributed by atoms with Gasteiger partial charge < -0.3 is 20.1 Å². The lowest BCUT2D eigenvalue weighted by atomic mass is 10.1. The molecule has 0 saturated carbocycles. The van der Waals surface area contributed by atoms with E-state index in [1.807, 2.05) is 12.1 Å². The fourth-order valence-electron chi connectivity index (χ4n) is 2.55. The fraction of sp³-hybridized carbons (Fsp3) is 0.647. The highest BCUT2D eigenvalue weighted by molar-refractivity contribution is 5.51. The Hall–Kier alpha value is -1.26. The Morgan fingerprint density at radius 2 is 2.19 bits per heavy atom.